The van der Waals surface area contributed by atoms with E-state index in [1.807, 2.05) is 0 Å². The minimum Gasteiger partial charge on any atom is -0.457 e. The maximum atomic E-state index is 13.2. The van der Waals surface area contributed by atoms with Crippen molar-refractivity contribution >= 4 is 11.6 Å². The molecule has 21 heavy (non-hydrogen) atoms. The van der Waals surface area contributed by atoms with Gasteiger partial charge in [-0.15, -0.1) is 0 Å². The zero-order valence-corrected chi connectivity index (χ0v) is 12.4. The Morgan fingerprint density at radius 3 is 2.52 bits per heavy atom. The van der Waals surface area contributed by atoms with Gasteiger partial charge in [0, 0.05) is 35.3 Å². The maximum absolute atomic E-state index is 13.2. The van der Waals surface area contributed by atoms with E-state index in [-0.39, 0.29) is 5.75 Å². The van der Waals surface area contributed by atoms with Crippen LogP contribution >= 0.6 is 11.6 Å². The Morgan fingerprint density at radius 1 is 1.14 bits per heavy atom. The fraction of sp³-hybridized carbons (Fsp3) is 0.250. The smallest absolute Gasteiger partial charge is 0.133 e. The Kier molecular flexibility index (Phi) is 5.53. The summed E-state index contributed by atoms with van der Waals surface area (Å²) in [5, 5.41) is 3.78. The van der Waals surface area contributed by atoms with Crippen molar-refractivity contribution in [3.8, 4) is 11.5 Å². The van der Waals surface area contributed by atoms with Crippen molar-refractivity contribution in [1.29, 1.82) is 0 Å². The first-order valence-corrected chi connectivity index (χ1v) is 7.10. The second-order valence-electron chi connectivity index (χ2n) is 4.60. The molecule has 1 N–H and O–H groups in total. The van der Waals surface area contributed by atoms with Crippen molar-refractivity contribution in [3.63, 3.8) is 0 Å². The molecular formula is C16H16ClF2NO. The molecule has 2 aromatic carbocycles. The van der Waals surface area contributed by atoms with Crippen molar-refractivity contribution < 1.29 is 13.5 Å². The zero-order valence-electron chi connectivity index (χ0n) is 11.6. The molecule has 0 aliphatic carbocycles. The highest BCUT2D eigenvalue weighted by molar-refractivity contribution is 6.31. The van der Waals surface area contributed by atoms with Crippen molar-refractivity contribution in [1.82, 2.24) is 5.32 Å². The highest BCUT2D eigenvalue weighted by Crippen LogP contribution is 2.31. The second-order valence-corrected chi connectivity index (χ2v) is 5.01. The Labute approximate surface area is 127 Å². The van der Waals surface area contributed by atoms with Gasteiger partial charge in [0.25, 0.3) is 0 Å². The molecule has 0 saturated carbocycles. The monoisotopic (exact) mass is 311 g/mol. The first kappa shape index (κ1) is 15.7. The third-order valence-electron chi connectivity index (χ3n) is 2.87. The molecule has 0 bridgehead atoms. The molecule has 0 heterocycles. The number of benzene rings is 2. The largest absolute Gasteiger partial charge is 0.457 e. The molecule has 0 unspecified atom stereocenters. The molecule has 0 atom stereocenters. The lowest BCUT2D eigenvalue weighted by molar-refractivity contribution is 0.460. The van der Waals surface area contributed by atoms with Gasteiger partial charge in [0.15, 0.2) is 0 Å². The average molecular weight is 312 g/mol. The van der Waals surface area contributed by atoms with Crippen LogP contribution in [0.5, 0.6) is 11.5 Å². The average Bonchev–Trinajstić information content (AvgIpc) is 2.41. The van der Waals surface area contributed by atoms with Crippen LogP contribution in [-0.2, 0) is 6.54 Å². The van der Waals surface area contributed by atoms with E-state index < -0.39 is 11.6 Å². The molecule has 0 amide bonds. The van der Waals surface area contributed by atoms with Crippen molar-refractivity contribution in [2.45, 2.75) is 19.9 Å². The predicted octanol–water partition coefficient (Wildman–Crippen LogP) is 4.91. The molecule has 112 valence electrons. The summed E-state index contributed by atoms with van der Waals surface area (Å²) in [4.78, 5) is 0. The Morgan fingerprint density at radius 2 is 1.86 bits per heavy atom. The van der Waals surface area contributed by atoms with Crippen LogP contribution in [0.4, 0.5) is 8.78 Å². The van der Waals surface area contributed by atoms with Crippen LogP contribution in [0.3, 0.4) is 0 Å². The zero-order chi connectivity index (χ0) is 15.2. The summed E-state index contributed by atoms with van der Waals surface area (Å²) >= 11 is 6.17. The SMILES string of the molecule is CCCNCc1c(Cl)cccc1Oc1cc(F)cc(F)c1. The van der Waals surface area contributed by atoms with Crippen LogP contribution in [0.25, 0.3) is 0 Å². The standard InChI is InChI=1S/C16H16ClF2NO/c1-2-6-20-10-14-15(17)4-3-5-16(14)21-13-8-11(18)7-12(19)9-13/h3-5,7-9,20H,2,6,10H2,1H3. The van der Waals surface area contributed by atoms with Crippen LogP contribution < -0.4 is 10.1 Å². The van der Waals surface area contributed by atoms with Gasteiger partial charge in [-0.25, -0.2) is 8.78 Å². The lowest BCUT2D eigenvalue weighted by Crippen LogP contribution is -2.14. The Hall–Kier alpha value is -1.65. The van der Waals surface area contributed by atoms with Crippen LogP contribution in [-0.4, -0.2) is 6.54 Å². The number of rotatable bonds is 6. The van der Waals surface area contributed by atoms with Gasteiger partial charge < -0.3 is 10.1 Å². The molecule has 0 aliphatic heterocycles. The van der Waals surface area contributed by atoms with Gasteiger partial charge in [0.1, 0.15) is 23.1 Å². The van der Waals surface area contributed by atoms with E-state index in [0.717, 1.165) is 36.7 Å². The van der Waals surface area contributed by atoms with Crippen LogP contribution in [0.1, 0.15) is 18.9 Å². The molecule has 2 aromatic rings. The first-order valence-electron chi connectivity index (χ1n) is 6.72. The molecule has 0 radical (unpaired) electrons. The van der Waals surface area contributed by atoms with Gasteiger partial charge in [-0.3, -0.25) is 0 Å². The summed E-state index contributed by atoms with van der Waals surface area (Å²) in [5.74, 6) is -0.780. The van der Waals surface area contributed by atoms with Crippen LogP contribution in [0, 0.1) is 11.6 Å². The number of nitrogens with one attached hydrogen (secondary N) is 1. The van der Waals surface area contributed by atoms with Crippen molar-refractivity contribution in [2.75, 3.05) is 6.54 Å². The minimum atomic E-state index is -0.683. The molecule has 2 rings (SSSR count). The molecule has 0 spiro atoms. The van der Waals surface area contributed by atoms with E-state index in [9.17, 15) is 8.78 Å². The molecule has 0 fully saturated rings. The quantitative estimate of drug-likeness (QED) is 0.765. The van der Waals surface area contributed by atoms with Gasteiger partial charge in [0.05, 0.1) is 0 Å². The van der Waals surface area contributed by atoms with Gasteiger partial charge in [-0.2, -0.15) is 0 Å². The lowest BCUT2D eigenvalue weighted by atomic mass is 10.2. The van der Waals surface area contributed by atoms with E-state index in [0.29, 0.717) is 17.3 Å². The highest BCUT2D eigenvalue weighted by Gasteiger charge is 2.10. The summed E-state index contributed by atoms with van der Waals surface area (Å²) in [6.45, 7) is 3.44. The molecule has 5 heteroatoms. The van der Waals surface area contributed by atoms with Crippen LogP contribution in [0.15, 0.2) is 36.4 Å². The molecule has 0 aliphatic rings. The van der Waals surface area contributed by atoms with Gasteiger partial charge in [-0.05, 0) is 25.1 Å². The van der Waals surface area contributed by atoms with Gasteiger partial charge in [0.2, 0.25) is 0 Å². The number of ether oxygens (including phenoxy) is 1. The highest BCUT2D eigenvalue weighted by atomic mass is 35.5. The fourth-order valence-electron chi connectivity index (χ4n) is 1.91. The Bertz CT molecular complexity index is 599. The molecule has 0 saturated heterocycles. The topological polar surface area (TPSA) is 21.3 Å². The van der Waals surface area contributed by atoms with Gasteiger partial charge in [-0.1, -0.05) is 24.6 Å². The summed E-state index contributed by atoms with van der Waals surface area (Å²) in [6, 6.07) is 8.27. The van der Waals surface area contributed by atoms with Crippen molar-refractivity contribution in [2.24, 2.45) is 0 Å². The number of halogens is 3. The van der Waals surface area contributed by atoms with Gasteiger partial charge >= 0.3 is 0 Å². The summed E-state index contributed by atoms with van der Waals surface area (Å²) < 4.78 is 32.0. The molecular weight excluding hydrogens is 296 g/mol. The van der Waals surface area contributed by atoms with Crippen LogP contribution in [0.2, 0.25) is 5.02 Å². The minimum absolute atomic E-state index is 0.103. The second kappa shape index (κ2) is 7.38. The maximum Gasteiger partial charge on any atom is 0.133 e. The number of hydrogen-bond acceptors (Lipinski definition) is 2. The van der Waals surface area contributed by atoms with E-state index in [4.69, 9.17) is 16.3 Å². The third-order valence-corrected chi connectivity index (χ3v) is 3.22. The summed E-state index contributed by atoms with van der Waals surface area (Å²) in [6.07, 6.45) is 0.996. The number of hydrogen-bond donors (Lipinski definition) is 1. The predicted molar refractivity (Wildman–Crippen MR) is 79.9 cm³/mol. The van der Waals surface area contributed by atoms with E-state index in [2.05, 4.69) is 12.2 Å². The first-order chi connectivity index (χ1) is 10.1. The Balaban J connectivity index is 2.24. The third kappa shape index (κ3) is 4.41. The summed E-state index contributed by atoms with van der Waals surface area (Å²) in [5.41, 5.74) is 0.761. The molecule has 0 aromatic heterocycles. The van der Waals surface area contributed by atoms with E-state index >= 15 is 0 Å². The van der Waals surface area contributed by atoms with E-state index in [1.54, 1.807) is 18.2 Å². The van der Waals surface area contributed by atoms with E-state index in [1.165, 1.54) is 0 Å². The lowest BCUT2D eigenvalue weighted by Gasteiger charge is -2.13. The fourth-order valence-corrected chi connectivity index (χ4v) is 2.14. The normalized spacial score (nSPS) is 10.7. The molecule has 2 nitrogen and oxygen atoms in total. The van der Waals surface area contributed by atoms with Crippen molar-refractivity contribution in [3.05, 3.63) is 58.6 Å². The summed E-state index contributed by atoms with van der Waals surface area (Å²) in [7, 11) is 0.